The van der Waals surface area contributed by atoms with Crippen LogP contribution in [0, 0.1) is 0 Å². The van der Waals surface area contributed by atoms with E-state index in [9.17, 15) is 4.11 Å². The Balaban J connectivity index is 1.33. The van der Waals surface area contributed by atoms with Gasteiger partial charge in [0.2, 0.25) is 0 Å². The van der Waals surface area contributed by atoms with Gasteiger partial charge in [0.15, 0.2) is 0 Å². The predicted octanol–water partition coefficient (Wildman–Crippen LogP) is 14.2. The number of benzene rings is 9. The lowest BCUT2D eigenvalue weighted by Gasteiger charge is -2.19. The van der Waals surface area contributed by atoms with Crippen LogP contribution in [0.5, 0.6) is 0 Å². The van der Waals surface area contributed by atoms with Crippen molar-refractivity contribution < 1.29 is 8.53 Å². The second-order valence-electron chi connectivity index (χ2n) is 12.9. The summed E-state index contributed by atoms with van der Waals surface area (Å²) in [6, 6.07) is 59.8. The topological polar surface area (TPSA) is 13.1 Å². The molecule has 1 heterocycles. The van der Waals surface area contributed by atoms with Gasteiger partial charge >= 0.3 is 0 Å². The Hall–Kier alpha value is -6.70. The van der Waals surface area contributed by atoms with Crippen molar-refractivity contribution in [3.8, 4) is 55.6 Å². The maximum Gasteiger partial charge on any atom is 0.136 e. The van der Waals surface area contributed by atoms with Crippen molar-refractivity contribution in [2.45, 2.75) is 0 Å². The molecule has 9 aromatic carbocycles. The van der Waals surface area contributed by atoms with Crippen LogP contribution in [0.1, 0.15) is 4.11 Å². The van der Waals surface area contributed by atoms with Crippen LogP contribution in [0.25, 0.3) is 99.1 Å². The fourth-order valence-corrected chi connectivity index (χ4v) is 7.63. The molecule has 0 amide bonds. The summed E-state index contributed by atoms with van der Waals surface area (Å²) in [5, 5.41) is 6.02. The first kappa shape index (κ1) is 26.2. The number of rotatable bonds is 5. The first-order chi connectivity index (χ1) is 26.6. The van der Waals surface area contributed by atoms with E-state index in [0.717, 1.165) is 82.4 Å². The standard InChI is InChI=1S/C50H32O/c1-4-15-33(16-5-1)36-27-28-46-45(32-36)50-44(25-14-26-47(50)51-46)49-42-23-12-10-21-40(42)48(41-22-11-13-24-43(41)49)39-30-37(34-17-6-2-7-18-34)29-38(31-39)35-19-8-3-9-20-35/h1-32H/i29D,30D,31D. The molecule has 1 nitrogen and oxygen atoms in total. The molecule has 0 atom stereocenters. The van der Waals surface area contributed by atoms with E-state index in [1.165, 1.54) is 0 Å². The Kier molecular flexibility index (Phi) is 6.17. The number of furan rings is 1. The van der Waals surface area contributed by atoms with Crippen LogP contribution in [0.4, 0.5) is 0 Å². The summed E-state index contributed by atoms with van der Waals surface area (Å²) < 4.78 is 35.7. The highest BCUT2D eigenvalue weighted by molar-refractivity contribution is 6.26. The number of fused-ring (bicyclic) bond motifs is 5. The van der Waals surface area contributed by atoms with Crippen molar-refractivity contribution >= 4 is 43.5 Å². The summed E-state index contributed by atoms with van der Waals surface area (Å²) in [6.45, 7) is 0. The molecule has 0 aliphatic rings. The van der Waals surface area contributed by atoms with Crippen LogP contribution >= 0.6 is 0 Å². The lowest BCUT2D eigenvalue weighted by molar-refractivity contribution is 0.669. The molecular formula is C50H32O. The van der Waals surface area contributed by atoms with Crippen molar-refractivity contribution in [1.29, 1.82) is 0 Å². The summed E-state index contributed by atoms with van der Waals surface area (Å²) in [5.74, 6) is 0. The van der Waals surface area contributed by atoms with E-state index in [1.54, 1.807) is 0 Å². The van der Waals surface area contributed by atoms with Crippen molar-refractivity contribution in [2.75, 3.05) is 0 Å². The number of hydrogen-bond donors (Lipinski definition) is 0. The van der Waals surface area contributed by atoms with Gasteiger partial charge in [0, 0.05) is 10.8 Å². The fraction of sp³-hybridized carbons (Fsp3) is 0. The van der Waals surface area contributed by atoms with E-state index < -0.39 is 0 Å². The molecule has 0 saturated carbocycles. The maximum atomic E-state index is 9.85. The molecule has 0 radical (unpaired) electrons. The van der Waals surface area contributed by atoms with E-state index in [2.05, 4.69) is 91.0 Å². The second kappa shape index (κ2) is 12.0. The van der Waals surface area contributed by atoms with Crippen molar-refractivity contribution in [3.63, 3.8) is 0 Å². The first-order valence-electron chi connectivity index (χ1n) is 18.8. The lowest BCUT2D eigenvalue weighted by Crippen LogP contribution is -1.92. The van der Waals surface area contributed by atoms with Gasteiger partial charge in [-0.15, -0.1) is 0 Å². The minimum absolute atomic E-state index is 0.176. The lowest BCUT2D eigenvalue weighted by atomic mass is 9.83. The van der Waals surface area contributed by atoms with E-state index in [0.29, 0.717) is 16.7 Å². The molecule has 10 rings (SSSR count). The number of hydrogen-bond acceptors (Lipinski definition) is 1. The summed E-state index contributed by atoms with van der Waals surface area (Å²) in [6.07, 6.45) is 0. The summed E-state index contributed by atoms with van der Waals surface area (Å²) in [7, 11) is 0. The smallest absolute Gasteiger partial charge is 0.136 e. The monoisotopic (exact) mass is 651 g/mol. The van der Waals surface area contributed by atoms with Crippen LogP contribution in [-0.4, -0.2) is 0 Å². The molecule has 0 aliphatic carbocycles. The predicted molar refractivity (Wildman–Crippen MR) is 216 cm³/mol. The van der Waals surface area contributed by atoms with Gasteiger partial charge in [0.1, 0.15) is 11.2 Å². The average molecular weight is 652 g/mol. The first-order valence-corrected chi connectivity index (χ1v) is 17.3. The molecule has 0 fully saturated rings. The highest BCUT2D eigenvalue weighted by Gasteiger charge is 2.21. The highest BCUT2D eigenvalue weighted by atomic mass is 16.3. The van der Waals surface area contributed by atoms with Gasteiger partial charge in [0.25, 0.3) is 0 Å². The Bertz CT molecular complexity index is 2930. The third-order valence-electron chi connectivity index (χ3n) is 9.93. The van der Waals surface area contributed by atoms with Gasteiger partial charge in [-0.1, -0.05) is 158 Å². The Morgan fingerprint density at radius 1 is 0.314 bits per heavy atom. The average Bonchev–Trinajstić information content (AvgIpc) is 3.60. The zero-order valence-corrected chi connectivity index (χ0v) is 27.7. The summed E-state index contributed by atoms with van der Waals surface area (Å²) in [5.41, 5.74) is 9.99. The second-order valence-corrected chi connectivity index (χ2v) is 12.9. The minimum atomic E-state index is 0.176. The zero-order valence-electron chi connectivity index (χ0n) is 30.7. The summed E-state index contributed by atoms with van der Waals surface area (Å²) in [4.78, 5) is 0. The minimum Gasteiger partial charge on any atom is -0.456 e. The molecule has 1 heteroatoms. The Labute approximate surface area is 300 Å². The largest absolute Gasteiger partial charge is 0.456 e. The van der Waals surface area contributed by atoms with Gasteiger partial charge < -0.3 is 4.42 Å². The van der Waals surface area contributed by atoms with Crippen molar-refractivity contribution in [3.05, 3.63) is 194 Å². The van der Waals surface area contributed by atoms with E-state index in [-0.39, 0.29) is 18.1 Å². The molecule has 0 saturated heterocycles. The Morgan fingerprint density at radius 3 is 1.33 bits per heavy atom. The summed E-state index contributed by atoms with van der Waals surface area (Å²) >= 11 is 0. The fourth-order valence-electron chi connectivity index (χ4n) is 7.63. The Morgan fingerprint density at radius 2 is 0.784 bits per heavy atom. The van der Waals surface area contributed by atoms with Gasteiger partial charge in [-0.05, 0) is 114 Å². The van der Waals surface area contributed by atoms with Gasteiger partial charge in [-0.2, -0.15) is 0 Å². The van der Waals surface area contributed by atoms with E-state index >= 15 is 0 Å². The van der Waals surface area contributed by atoms with Crippen LogP contribution in [0.2, 0.25) is 0 Å². The zero-order chi connectivity index (χ0) is 36.3. The molecule has 51 heavy (non-hydrogen) atoms. The molecule has 0 aliphatic heterocycles. The molecule has 0 spiro atoms. The molecule has 10 aromatic rings. The van der Waals surface area contributed by atoms with Crippen molar-refractivity contribution in [2.24, 2.45) is 0 Å². The van der Waals surface area contributed by atoms with Gasteiger partial charge in [-0.25, -0.2) is 0 Å². The van der Waals surface area contributed by atoms with Crippen molar-refractivity contribution in [1.82, 2.24) is 0 Å². The van der Waals surface area contributed by atoms with E-state index in [4.69, 9.17) is 4.42 Å². The highest BCUT2D eigenvalue weighted by Crippen LogP contribution is 2.48. The SMILES string of the molecule is [2H]c1c(-c2ccccc2)c([2H])c(-c2c3ccccc3c(-c3cccc4oc5ccc(-c6ccccc6)cc5c34)c3ccccc23)c([2H])c1-c1ccccc1. The third kappa shape index (κ3) is 4.94. The molecule has 0 unspecified atom stereocenters. The van der Waals surface area contributed by atoms with E-state index in [1.807, 2.05) is 84.9 Å². The molecule has 1 aromatic heterocycles. The normalized spacial score (nSPS) is 12.4. The molecule has 0 bridgehead atoms. The van der Waals surface area contributed by atoms with Gasteiger partial charge in [0.05, 0.1) is 4.11 Å². The molecular weight excluding hydrogens is 617 g/mol. The van der Waals surface area contributed by atoms with Crippen LogP contribution < -0.4 is 0 Å². The van der Waals surface area contributed by atoms with Gasteiger partial charge in [-0.3, -0.25) is 0 Å². The van der Waals surface area contributed by atoms with Crippen LogP contribution in [0.3, 0.4) is 0 Å². The third-order valence-corrected chi connectivity index (χ3v) is 9.93. The van der Waals surface area contributed by atoms with Crippen LogP contribution in [-0.2, 0) is 0 Å². The maximum absolute atomic E-state index is 9.85. The molecule has 238 valence electrons. The molecule has 0 N–H and O–H groups in total. The quantitative estimate of drug-likeness (QED) is 0.169. The van der Waals surface area contributed by atoms with Crippen LogP contribution in [0.15, 0.2) is 198 Å².